The van der Waals surface area contributed by atoms with Gasteiger partial charge in [-0.15, -0.1) is 0 Å². The molecular weight excluding hydrogens is 206 g/mol. The highest BCUT2D eigenvalue weighted by Gasteiger charge is 2.19. The van der Waals surface area contributed by atoms with Gasteiger partial charge >= 0.3 is 0 Å². The van der Waals surface area contributed by atoms with Gasteiger partial charge in [0.2, 0.25) is 10.5 Å². The Kier molecular flexibility index (Phi) is 1.83. The maximum absolute atomic E-state index is 5.43. The zero-order valence-electron chi connectivity index (χ0n) is 8.78. The Hall–Kier alpha value is -1.35. The van der Waals surface area contributed by atoms with Crippen molar-refractivity contribution in [3.05, 3.63) is 29.5 Å². The molecule has 0 aliphatic heterocycles. The molecule has 0 spiro atoms. The van der Waals surface area contributed by atoms with Gasteiger partial charge in [-0.3, -0.25) is 0 Å². The number of furan rings is 1. The van der Waals surface area contributed by atoms with E-state index in [0.29, 0.717) is 0 Å². The third kappa shape index (κ3) is 1.13. The van der Waals surface area contributed by atoms with Crippen LogP contribution in [-0.2, 0) is 6.54 Å². The minimum absolute atomic E-state index is 0.975. The fraction of sp³-hybridized carbons (Fsp3) is 0.250. The first-order valence-corrected chi connectivity index (χ1v) is 5.92. The predicted molar refractivity (Wildman–Crippen MR) is 62.2 cm³/mol. The highest BCUT2D eigenvalue weighted by atomic mass is 32.1. The molecule has 76 valence electrons. The molecule has 15 heavy (non-hydrogen) atoms. The van der Waals surface area contributed by atoms with Crippen molar-refractivity contribution >= 4 is 32.5 Å². The molecule has 3 heteroatoms. The molecule has 0 bridgehead atoms. The number of hydrogen-bond acceptors (Lipinski definition) is 2. The summed E-state index contributed by atoms with van der Waals surface area (Å²) < 4.78 is 9.11. The van der Waals surface area contributed by atoms with E-state index in [1.54, 1.807) is 6.26 Å². The van der Waals surface area contributed by atoms with E-state index in [-0.39, 0.29) is 0 Å². The van der Waals surface area contributed by atoms with E-state index in [1.807, 2.05) is 17.4 Å². The Bertz CT molecular complexity index is 635. The van der Waals surface area contributed by atoms with Crippen molar-refractivity contribution < 1.29 is 8.98 Å². The summed E-state index contributed by atoms with van der Waals surface area (Å²) in [5.41, 5.74) is 2.29. The number of aryl methyl sites for hydroxylation is 2. The largest absolute Gasteiger partial charge is 0.464 e. The van der Waals surface area contributed by atoms with Crippen LogP contribution >= 0.6 is 11.3 Å². The zero-order chi connectivity index (χ0) is 10.4. The van der Waals surface area contributed by atoms with Crippen LogP contribution in [0.25, 0.3) is 21.2 Å². The maximum atomic E-state index is 5.43. The van der Waals surface area contributed by atoms with E-state index in [2.05, 4.69) is 30.5 Å². The average molecular weight is 218 g/mol. The summed E-state index contributed by atoms with van der Waals surface area (Å²) in [6, 6.07) is 6.24. The summed E-state index contributed by atoms with van der Waals surface area (Å²) in [5.74, 6) is 0. The summed E-state index contributed by atoms with van der Waals surface area (Å²) in [6.45, 7) is 5.36. The van der Waals surface area contributed by atoms with Gasteiger partial charge in [0.1, 0.15) is 16.8 Å². The van der Waals surface area contributed by atoms with Crippen LogP contribution in [0.5, 0.6) is 0 Å². The highest BCUT2D eigenvalue weighted by Crippen LogP contribution is 2.28. The van der Waals surface area contributed by atoms with E-state index in [9.17, 15) is 0 Å². The van der Waals surface area contributed by atoms with Crippen molar-refractivity contribution in [3.63, 3.8) is 0 Å². The van der Waals surface area contributed by atoms with E-state index in [4.69, 9.17) is 4.42 Å². The summed E-state index contributed by atoms with van der Waals surface area (Å²) in [5, 5.41) is 2.57. The van der Waals surface area contributed by atoms with Gasteiger partial charge in [0.25, 0.3) is 0 Å². The lowest BCUT2D eigenvalue weighted by molar-refractivity contribution is -0.668. The number of fused-ring (bicyclic) bond motifs is 3. The maximum Gasteiger partial charge on any atom is 0.235 e. The number of aromatic nitrogens is 1. The quantitative estimate of drug-likeness (QED) is 0.573. The number of rotatable bonds is 1. The van der Waals surface area contributed by atoms with Gasteiger partial charge in [-0.2, -0.15) is 4.57 Å². The molecule has 2 heterocycles. The number of thiazole rings is 1. The minimum atomic E-state index is 0.975. The summed E-state index contributed by atoms with van der Waals surface area (Å²) in [4.78, 5) is 0. The lowest BCUT2D eigenvalue weighted by Crippen LogP contribution is -2.33. The minimum Gasteiger partial charge on any atom is -0.464 e. The second-order valence-electron chi connectivity index (χ2n) is 3.61. The first-order chi connectivity index (χ1) is 7.31. The molecule has 0 unspecified atom stereocenters. The zero-order valence-corrected chi connectivity index (χ0v) is 9.60. The number of benzene rings is 1. The molecule has 0 radical (unpaired) electrons. The van der Waals surface area contributed by atoms with Gasteiger partial charge < -0.3 is 4.42 Å². The van der Waals surface area contributed by atoms with Crippen LogP contribution in [0.1, 0.15) is 11.9 Å². The lowest BCUT2D eigenvalue weighted by atomic mass is 10.2. The summed E-state index contributed by atoms with van der Waals surface area (Å²) in [7, 11) is 0. The van der Waals surface area contributed by atoms with Gasteiger partial charge in [0.15, 0.2) is 0 Å². The summed E-state index contributed by atoms with van der Waals surface area (Å²) in [6.07, 6.45) is 1.76. The molecule has 1 aromatic carbocycles. The van der Waals surface area contributed by atoms with Crippen molar-refractivity contribution in [3.8, 4) is 0 Å². The van der Waals surface area contributed by atoms with Crippen LogP contribution in [0.4, 0.5) is 0 Å². The number of nitrogens with zero attached hydrogens (tertiary/aromatic N) is 1. The molecule has 2 nitrogen and oxygen atoms in total. The van der Waals surface area contributed by atoms with Gasteiger partial charge in [0, 0.05) is 6.92 Å². The normalized spacial score (nSPS) is 11.6. The first kappa shape index (κ1) is 8.92. The van der Waals surface area contributed by atoms with Crippen LogP contribution < -0.4 is 4.57 Å². The van der Waals surface area contributed by atoms with Crippen molar-refractivity contribution in [1.82, 2.24) is 0 Å². The number of hydrogen-bond donors (Lipinski definition) is 0. The Morgan fingerprint density at radius 3 is 3.00 bits per heavy atom. The van der Waals surface area contributed by atoms with E-state index in [1.165, 1.54) is 20.6 Å². The third-order valence-electron chi connectivity index (χ3n) is 2.79. The standard InChI is InChI=1S/C12H12NOS/c1-3-13-8(2)15-11-5-4-10-9(12(11)13)6-7-14-10/h4-7H,3H2,1-2H3/q+1. The van der Waals surface area contributed by atoms with Crippen LogP contribution in [-0.4, -0.2) is 0 Å². The smallest absolute Gasteiger partial charge is 0.235 e. The molecule has 0 aliphatic rings. The van der Waals surface area contributed by atoms with E-state index < -0.39 is 0 Å². The molecular formula is C12H12NOS+. The monoisotopic (exact) mass is 218 g/mol. The Balaban J connectivity index is 2.58. The second kappa shape index (κ2) is 3.07. The SMILES string of the molecule is CC[n+]1c(C)sc2ccc3occc3c21. The predicted octanol–water partition coefficient (Wildman–Crippen LogP) is 3.26. The fourth-order valence-electron chi connectivity index (χ4n) is 2.12. The topological polar surface area (TPSA) is 17.0 Å². The van der Waals surface area contributed by atoms with E-state index in [0.717, 1.165) is 12.1 Å². The van der Waals surface area contributed by atoms with Crippen LogP contribution in [0.15, 0.2) is 28.9 Å². The van der Waals surface area contributed by atoms with Crippen molar-refractivity contribution in [2.45, 2.75) is 20.4 Å². The van der Waals surface area contributed by atoms with Gasteiger partial charge in [-0.05, 0) is 25.1 Å². The van der Waals surface area contributed by atoms with Gasteiger partial charge in [0.05, 0.1) is 11.6 Å². The molecule has 0 saturated heterocycles. The molecule has 3 rings (SSSR count). The van der Waals surface area contributed by atoms with Crippen LogP contribution in [0.2, 0.25) is 0 Å². The Labute approximate surface area is 91.8 Å². The molecule has 0 amide bonds. The average Bonchev–Trinajstić information content (AvgIpc) is 2.78. The molecule has 0 aliphatic carbocycles. The van der Waals surface area contributed by atoms with Crippen LogP contribution in [0, 0.1) is 6.92 Å². The molecule has 0 fully saturated rings. The third-order valence-corrected chi connectivity index (χ3v) is 3.86. The first-order valence-electron chi connectivity index (χ1n) is 5.10. The Morgan fingerprint density at radius 1 is 1.33 bits per heavy atom. The fourth-order valence-corrected chi connectivity index (χ4v) is 3.22. The van der Waals surface area contributed by atoms with E-state index >= 15 is 0 Å². The second-order valence-corrected chi connectivity index (χ2v) is 4.84. The summed E-state index contributed by atoms with van der Waals surface area (Å²) >= 11 is 1.84. The van der Waals surface area contributed by atoms with Crippen LogP contribution in [0.3, 0.4) is 0 Å². The molecule has 0 atom stereocenters. The Morgan fingerprint density at radius 2 is 2.20 bits per heavy atom. The lowest BCUT2D eigenvalue weighted by Gasteiger charge is -1.91. The molecule has 0 saturated carbocycles. The molecule has 0 N–H and O–H groups in total. The van der Waals surface area contributed by atoms with Gasteiger partial charge in [-0.25, -0.2) is 0 Å². The van der Waals surface area contributed by atoms with Crippen molar-refractivity contribution in [2.24, 2.45) is 0 Å². The van der Waals surface area contributed by atoms with Crippen molar-refractivity contribution in [2.75, 3.05) is 0 Å². The van der Waals surface area contributed by atoms with Crippen molar-refractivity contribution in [1.29, 1.82) is 0 Å². The highest BCUT2D eigenvalue weighted by molar-refractivity contribution is 7.18. The van der Waals surface area contributed by atoms with Gasteiger partial charge in [-0.1, -0.05) is 11.3 Å². The molecule has 2 aromatic heterocycles. The molecule has 3 aromatic rings.